The zero-order valence-corrected chi connectivity index (χ0v) is 12.6. The molecule has 0 unspecified atom stereocenters. The van der Waals surface area contributed by atoms with Gasteiger partial charge in [-0.3, -0.25) is 0 Å². The van der Waals surface area contributed by atoms with Gasteiger partial charge in [0.25, 0.3) is 0 Å². The van der Waals surface area contributed by atoms with Crippen molar-refractivity contribution in [1.29, 1.82) is 0 Å². The SMILES string of the molecule is CC(C)c1ccc(CNc2snc3ccccc23)cc1. The Morgan fingerprint density at radius 2 is 1.80 bits per heavy atom. The molecule has 0 fully saturated rings. The van der Waals surface area contributed by atoms with Gasteiger partial charge in [0.2, 0.25) is 0 Å². The lowest BCUT2D eigenvalue weighted by molar-refractivity contribution is 0.865. The maximum absolute atomic E-state index is 4.45. The second-order valence-electron chi connectivity index (χ2n) is 5.28. The summed E-state index contributed by atoms with van der Waals surface area (Å²) >= 11 is 1.53. The number of nitrogens with zero attached hydrogens (tertiary/aromatic N) is 1. The van der Waals surface area contributed by atoms with Gasteiger partial charge in [-0.2, -0.15) is 4.37 Å². The van der Waals surface area contributed by atoms with Crippen LogP contribution in [-0.2, 0) is 6.54 Å². The standard InChI is InChI=1S/C17H18N2S/c1-12(2)14-9-7-13(8-10-14)11-18-17-15-5-3-4-6-16(15)19-20-17/h3-10,12,18H,11H2,1-2H3. The minimum atomic E-state index is 0.586. The smallest absolute Gasteiger partial charge is 0.117 e. The highest BCUT2D eigenvalue weighted by molar-refractivity contribution is 7.11. The Kier molecular flexibility index (Phi) is 3.70. The molecule has 1 heterocycles. The number of hydrogen-bond donors (Lipinski definition) is 1. The van der Waals surface area contributed by atoms with Gasteiger partial charge in [-0.25, -0.2) is 0 Å². The predicted molar refractivity (Wildman–Crippen MR) is 87.5 cm³/mol. The van der Waals surface area contributed by atoms with Crippen LogP contribution >= 0.6 is 11.5 Å². The normalized spacial score (nSPS) is 11.2. The Labute approximate surface area is 123 Å². The van der Waals surface area contributed by atoms with Crippen molar-refractivity contribution in [1.82, 2.24) is 4.37 Å². The second kappa shape index (κ2) is 5.63. The van der Waals surface area contributed by atoms with Gasteiger partial charge in [0.05, 0.1) is 5.52 Å². The van der Waals surface area contributed by atoms with Gasteiger partial charge in [0, 0.05) is 11.9 Å². The summed E-state index contributed by atoms with van der Waals surface area (Å²) in [6, 6.07) is 17.1. The largest absolute Gasteiger partial charge is 0.371 e. The van der Waals surface area contributed by atoms with Crippen LogP contribution in [0.5, 0.6) is 0 Å². The van der Waals surface area contributed by atoms with E-state index in [4.69, 9.17) is 0 Å². The number of benzene rings is 2. The molecular formula is C17H18N2S. The average molecular weight is 282 g/mol. The van der Waals surface area contributed by atoms with E-state index in [1.54, 1.807) is 0 Å². The first-order chi connectivity index (χ1) is 9.74. The molecule has 0 aliphatic carbocycles. The van der Waals surface area contributed by atoms with Crippen molar-refractivity contribution < 1.29 is 0 Å². The summed E-state index contributed by atoms with van der Waals surface area (Å²) in [5, 5.41) is 5.84. The molecule has 3 rings (SSSR count). The minimum absolute atomic E-state index is 0.586. The monoisotopic (exact) mass is 282 g/mol. The maximum atomic E-state index is 4.45. The molecule has 0 amide bonds. The molecule has 2 nitrogen and oxygen atoms in total. The third-order valence-corrected chi connectivity index (χ3v) is 4.32. The summed E-state index contributed by atoms with van der Waals surface area (Å²) in [4.78, 5) is 0. The summed E-state index contributed by atoms with van der Waals surface area (Å²) in [6.45, 7) is 5.28. The fraction of sp³-hybridized carbons (Fsp3) is 0.235. The molecule has 0 spiro atoms. The lowest BCUT2D eigenvalue weighted by Crippen LogP contribution is -1.98. The van der Waals surface area contributed by atoms with Gasteiger partial charge in [-0.15, -0.1) is 0 Å². The topological polar surface area (TPSA) is 24.9 Å². The van der Waals surface area contributed by atoms with E-state index in [1.807, 2.05) is 6.07 Å². The Bertz CT molecular complexity index is 698. The van der Waals surface area contributed by atoms with Crippen molar-refractivity contribution in [3.63, 3.8) is 0 Å². The van der Waals surface area contributed by atoms with E-state index in [1.165, 1.54) is 28.0 Å². The van der Waals surface area contributed by atoms with Gasteiger partial charge in [0.1, 0.15) is 5.00 Å². The fourth-order valence-corrected chi connectivity index (χ4v) is 2.98. The first-order valence-electron chi connectivity index (χ1n) is 6.91. The number of nitrogens with one attached hydrogen (secondary N) is 1. The van der Waals surface area contributed by atoms with Crippen LogP contribution in [0.3, 0.4) is 0 Å². The van der Waals surface area contributed by atoms with E-state index in [2.05, 4.69) is 66.0 Å². The zero-order valence-electron chi connectivity index (χ0n) is 11.8. The molecule has 0 aliphatic heterocycles. The molecular weight excluding hydrogens is 264 g/mol. The van der Waals surface area contributed by atoms with E-state index >= 15 is 0 Å². The highest BCUT2D eigenvalue weighted by atomic mass is 32.1. The maximum Gasteiger partial charge on any atom is 0.117 e. The molecule has 0 bridgehead atoms. The molecule has 0 aliphatic rings. The van der Waals surface area contributed by atoms with E-state index < -0.39 is 0 Å². The molecule has 2 aromatic carbocycles. The van der Waals surface area contributed by atoms with Crippen molar-refractivity contribution in [2.45, 2.75) is 26.3 Å². The molecule has 3 heteroatoms. The lowest BCUT2D eigenvalue weighted by Gasteiger charge is -2.08. The predicted octanol–water partition coefficient (Wildman–Crippen LogP) is 5.03. The molecule has 1 aromatic heterocycles. The zero-order chi connectivity index (χ0) is 13.9. The molecule has 1 N–H and O–H groups in total. The highest BCUT2D eigenvalue weighted by Gasteiger charge is 2.05. The van der Waals surface area contributed by atoms with Crippen molar-refractivity contribution in [2.24, 2.45) is 0 Å². The molecule has 3 aromatic rings. The summed E-state index contributed by atoms with van der Waals surface area (Å²) in [6.07, 6.45) is 0. The molecule has 20 heavy (non-hydrogen) atoms. The van der Waals surface area contributed by atoms with Crippen molar-refractivity contribution in [3.05, 3.63) is 59.7 Å². The number of anilines is 1. The van der Waals surface area contributed by atoms with Crippen LogP contribution in [0.2, 0.25) is 0 Å². The number of fused-ring (bicyclic) bond motifs is 1. The number of hydrogen-bond acceptors (Lipinski definition) is 3. The van der Waals surface area contributed by atoms with Crippen LogP contribution in [0, 0.1) is 0 Å². The Morgan fingerprint density at radius 3 is 2.55 bits per heavy atom. The second-order valence-corrected chi connectivity index (χ2v) is 6.05. The summed E-state index contributed by atoms with van der Waals surface area (Å²) in [7, 11) is 0. The molecule has 0 saturated heterocycles. The van der Waals surface area contributed by atoms with Crippen LogP contribution in [0.4, 0.5) is 5.00 Å². The van der Waals surface area contributed by atoms with E-state index in [9.17, 15) is 0 Å². The number of aromatic nitrogens is 1. The van der Waals surface area contributed by atoms with E-state index in [0.717, 1.165) is 17.1 Å². The minimum Gasteiger partial charge on any atom is -0.371 e. The van der Waals surface area contributed by atoms with Gasteiger partial charge in [0.15, 0.2) is 0 Å². The molecule has 102 valence electrons. The van der Waals surface area contributed by atoms with Crippen LogP contribution in [0.1, 0.15) is 30.9 Å². The van der Waals surface area contributed by atoms with Gasteiger partial charge < -0.3 is 5.32 Å². The molecule has 0 atom stereocenters. The first-order valence-corrected chi connectivity index (χ1v) is 7.68. The van der Waals surface area contributed by atoms with Crippen molar-refractivity contribution >= 4 is 27.4 Å². The summed E-state index contributed by atoms with van der Waals surface area (Å²) in [5.74, 6) is 0.586. The van der Waals surface area contributed by atoms with Gasteiger partial charge >= 0.3 is 0 Å². The van der Waals surface area contributed by atoms with Crippen LogP contribution in [0.25, 0.3) is 10.9 Å². The molecule has 0 radical (unpaired) electrons. The van der Waals surface area contributed by atoms with Crippen molar-refractivity contribution in [3.8, 4) is 0 Å². The Balaban J connectivity index is 1.73. The third kappa shape index (κ3) is 2.68. The average Bonchev–Trinajstić information content (AvgIpc) is 2.89. The summed E-state index contributed by atoms with van der Waals surface area (Å²) < 4.78 is 4.45. The third-order valence-electron chi connectivity index (χ3n) is 3.48. The Morgan fingerprint density at radius 1 is 1.05 bits per heavy atom. The molecule has 0 saturated carbocycles. The van der Waals surface area contributed by atoms with E-state index in [0.29, 0.717) is 5.92 Å². The van der Waals surface area contributed by atoms with Crippen LogP contribution in [-0.4, -0.2) is 4.37 Å². The Hall–Kier alpha value is -1.87. The van der Waals surface area contributed by atoms with Crippen LogP contribution in [0.15, 0.2) is 48.5 Å². The quantitative estimate of drug-likeness (QED) is 0.725. The number of rotatable bonds is 4. The fourth-order valence-electron chi connectivity index (χ4n) is 2.22. The van der Waals surface area contributed by atoms with Crippen LogP contribution < -0.4 is 5.32 Å². The van der Waals surface area contributed by atoms with E-state index in [-0.39, 0.29) is 0 Å². The summed E-state index contributed by atoms with van der Waals surface area (Å²) in [5.41, 5.74) is 3.75. The highest BCUT2D eigenvalue weighted by Crippen LogP contribution is 2.27. The lowest BCUT2D eigenvalue weighted by atomic mass is 10.0. The van der Waals surface area contributed by atoms with Crippen molar-refractivity contribution in [2.75, 3.05) is 5.32 Å². The van der Waals surface area contributed by atoms with Gasteiger partial charge in [-0.05, 0) is 40.7 Å². The van der Waals surface area contributed by atoms with Gasteiger partial charge in [-0.1, -0.05) is 50.2 Å². The first kappa shape index (κ1) is 13.1.